The Morgan fingerprint density at radius 2 is 1.57 bits per heavy atom. The van der Waals surface area contributed by atoms with Gasteiger partial charge in [0.1, 0.15) is 0 Å². The van der Waals surface area contributed by atoms with Crippen LogP contribution in [0.4, 0.5) is 0 Å². The monoisotopic (exact) mass is 504 g/mol. The summed E-state index contributed by atoms with van der Waals surface area (Å²) in [6.07, 6.45) is 1.57. The molecule has 1 saturated heterocycles. The van der Waals surface area contributed by atoms with E-state index in [1.807, 2.05) is 46.4 Å². The molecule has 2 atom stereocenters. The van der Waals surface area contributed by atoms with Crippen molar-refractivity contribution in [1.82, 2.24) is 9.80 Å². The zero-order valence-electron chi connectivity index (χ0n) is 18.7. The summed E-state index contributed by atoms with van der Waals surface area (Å²) in [5, 5.41) is 0. The molecule has 2 N–H and O–H groups in total. The first kappa shape index (κ1) is 25.1. The van der Waals surface area contributed by atoms with Crippen LogP contribution in [0.3, 0.4) is 0 Å². The van der Waals surface area contributed by atoms with Crippen LogP contribution in [-0.4, -0.2) is 63.0 Å². The molecule has 1 heterocycles. The molecule has 0 amide bonds. The topological polar surface area (TPSA) is 79.0 Å². The Bertz CT molecular complexity index is 636. The van der Waals surface area contributed by atoms with Crippen LogP contribution < -0.4 is 5.73 Å². The minimum absolute atomic E-state index is 0.0153. The van der Waals surface area contributed by atoms with Gasteiger partial charge in [-0.25, -0.2) is 4.99 Å². The maximum absolute atomic E-state index is 12.6. The predicted molar refractivity (Wildman–Crippen MR) is 125 cm³/mol. The summed E-state index contributed by atoms with van der Waals surface area (Å²) in [5.41, 5.74) is 6.32. The lowest BCUT2D eigenvalue weighted by Crippen LogP contribution is -2.55. The van der Waals surface area contributed by atoms with Crippen LogP contribution in [-0.2, 0) is 9.59 Å². The van der Waals surface area contributed by atoms with Crippen molar-refractivity contribution < 1.29 is 9.59 Å². The molecule has 28 heavy (non-hydrogen) atoms. The highest BCUT2D eigenvalue weighted by Crippen LogP contribution is 2.26. The molecule has 0 aromatic carbocycles. The summed E-state index contributed by atoms with van der Waals surface area (Å²) in [4.78, 5) is 33.5. The average Bonchev–Trinajstić information content (AvgIpc) is 2.61. The maximum atomic E-state index is 12.6. The molecule has 1 aliphatic heterocycles. The second kappa shape index (κ2) is 9.69. The van der Waals surface area contributed by atoms with Crippen LogP contribution in [0.2, 0.25) is 0 Å². The first-order chi connectivity index (χ1) is 12.7. The first-order valence-electron chi connectivity index (χ1n) is 9.93. The van der Waals surface area contributed by atoms with Crippen molar-refractivity contribution in [2.45, 2.75) is 64.9 Å². The van der Waals surface area contributed by atoms with Gasteiger partial charge in [0.15, 0.2) is 17.5 Å². The van der Waals surface area contributed by atoms with Gasteiger partial charge in [-0.3, -0.25) is 14.5 Å². The van der Waals surface area contributed by atoms with E-state index in [-0.39, 0.29) is 26.9 Å². The zero-order valence-corrected chi connectivity index (χ0v) is 20.8. The van der Waals surface area contributed by atoms with Crippen molar-refractivity contribution in [3.8, 4) is 0 Å². The lowest BCUT2D eigenvalue weighted by atomic mass is 9.87. The number of carbonyl (C=O) groups excluding carboxylic acids is 2. The van der Waals surface area contributed by atoms with E-state index in [9.17, 15) is 9.59 Å². The highest BCUT2D eigenvalue weighted by Gasteiger charge is 2.34. The number of hydrogen-bond donors (Lipinski definition) is 1. The van der Waals surface area contributed by atoms with Gasteiger partial charge in [0, 0.05) is 55.3 Å². The zero-order chi connectivity index (χ0) is 21.9. The molecule has 0 bridgehead atoms. The molecule has 0 spiro atoms. The van der Waals surface area contributed by atoms with Gasteiger partial charge in [-0.05, 0) is 27.7 Å². The Morgan fingerprint density at radius 3 is 2.00 bits per heavy atom. The van der Waals surface area contributed by atoms with E-state index in [0.717, 1.165) is 26.2 Å². The van der Waals surface area contributed by atoms with Crippen LogP contribution in [0.1, 0.15) is 55.4 Å². The highest BCUT2D eigenvalue weighted by molar-refractivity contribution is 14.1. The first-order valence-corrected chi connectivity index (χ1v) is 11.0. The fourth-order valence-electron chi connectivity index (χ4n) is 3.33. The number of hydrogen-bond acceptors (Lipinski definition) is 4. The van der Waals surface area contributed by atoms with Gasteiger partial charge in [-0.2, -0.15) is 0 Å². The Hall–Kier alpha value is -0.960. The largest absolute Gasteiger partial charge is 0.370 e. The summed E-state index contributed by atoms with van der Waals surface area (Å²) >= 11 is 2.22. The third-order valence-electron chi connectivity index (χ3n) is 5.37. The van der Waals surface area contributed by atoms with Crippen molar-refractivity contribution in [3.63, 3.8) is 0 Å². The van der Waals surface area contributed by atoms with Crippen molar-refractivity contribution in [2.24, 2.45) is 22.1 Å². The molecule has 7 heteroatoms. The number of allylic oxidation sites excluding steroid dienone is 1. The standard InChI is InChI=1S/C21H37IN4O2/c1-14(17(27)20(4,5)6)13-24-19(23)26-11-9-25(10-12-26)16(3)15(2)18(28)21(7,8)22/h13,15-16H,9-12H2,1-8H3,(H2,23,24)/b14-13+. The molecule has 0 aliphatic carbocycles. The Kier molecular flexibility index (Phi) is 8.68. The molecule has 160 valence electrons. The summed E-state index contributed by atoms with van der Waals surface area (Å²) < 4.78 is -0.348. The molecule has 6 nitrogen and oxygen atoms in total. The fraction of sp³-hybridized carbons (Fsp3) is 0.762. The number of ketones is 2. The predicted octanol–water partition coefficient (Wildman–Crippen LogP) is 3.25. The second-order valence-corrected chi connectivity index (χ2v) is 12.0. The lowest BCUT2D eigenvalue weighted by Gasteiger charge is -2.40. The Morgan fingerprint density at radius 1 is 1.07 bits per heavy atom. The summed E-state index contributed by atoms with van der Waals surface area (Å²) in [6, 6.07) is 0.188. The summed E-state index contributed by atoms with van der Waals surface area (Å²) in [7, 11) is 0. The van der Waals surface area contributed by atoms with E-state index in [1.54, 1.807) is 13.1 Å². The normalized spacial score (nSPS) is 20.1. The molecule has 0 saturated carbocycles. The third kappa shape index (κ3) is 6.83. The van der Waals surface area contributed by atoms with Gasteiger partial charge in [0.05, 0.1) is 3.42 Å². The third-order valence-corrected chi connectivity index (χ3v) is 5.90. The van der Waals surface area contributed by atoms with Gasteiger partial charge in [-0.15, -0.1) is 0 Å². The van der Waals surface area contributed by atoms with E-state index >= 15 is 0 Å². The molecule has 1 aliphatic rings. The smallest absolute Gasteiger partial charge is 0.195 e. The number of nitrogens with zero attached hydrogens (tertiary/aromatic N) is 3. The number of aliphatic imine (C=N–C) groups is 1. The van der Waals surface area contributed by atoms with Crippen molar-refractivity contribution in [3.05, 3.63) is 11.8 Å². The van der Waals surface area contributed by atoms with Crippen LogP contribution in [0.15, 0.2) is 16.8 Å². The highest BCUT2D eigenvalue weighted by atomic mass is 127. The lowest BCUT2D eigenvalue weighted by molar-refractivity contribution is -0.125. The maximum Gasteiger partial charge on any atom is 0.195 e. The van der Waals surface area contributed by atoms with Crippen molar-refractivity contribution in [1.29, 1.82) is 0 Å². The SMILES string of the molecule is C/C(=C\N=C(N)N1CCN(C(C)C(C)C(=O)C(C)(C)I)CC1)C(=O)C(C)(C)C. The number of Topliss-reactive ketones (excluding diaryl/α,β-unsaturated/α-hetero) is 2. The minimum atomic E-state index is -0.423. The van der Waals surface area contributed by atoms with Crippen LogP contribution in [0.5, 0.6) is 0 Å². The quantitative estimate of drug-likeness (QED) is 0.198. The number of guanidine groups is 1. The number of carbonyl (C=O) groups is 2. The van der Waals surface area contributed by atoms with E-state index in [4.69, 9.17) is 5.73 Å². The van der Waals surface area contributed by atoms with E-state index in [0.29, 0.717) is 11.5 Å². The number of nitrogens with two attached hydrogens (primary N) is 1. The van der Waals surface area contributed by atoms with E-state index in [1.165, 1.54) is 0 Å². The van der Waals surface area contributed by atoms with E-state index < -0.39 is 5.41 Å². The summed E-state index contributed by atoms with van der Waals surface area (Å²) in [5.74, 6) is 0.775. The van der Waals surface area contributed by atoms with Crippen molar-refractivity contribution in [2.75, 3.05) is 26.2 Å². The Labute approximate surface area is 184 Å². The molecule has 0 aromatic rings. The molecule has 2 unspecified atom stereocenters. The van der Waals surface area contributed by atoms with Gasteiger partial charge >= 0.3 is 0 Å². The van der Waals surface area contributed by atoms with E-state index in [2.05, 4.69) is 39.4 Å². The Balaban J connectivity index is 2.68. The second-order valence-electron chi connectivity index (χ2n) is 9.27. The number of rotatable bonds is 6. The van der Waals surface area contributed by atoms with Gasteiger partial charge in [0.25, 0.3) is 0 Å². The average molecular weight is 504 g/mol. The molecular weight excluding hydrogens is 467 g/mol. The van der Waals surface area contributed by atoms with Crippen LogP contribution in [0.25, 0.3) is 0 Å². The summed E-state index contributed by atoms with van der Waals surface area (Å²) in [6.45, 7) is 18.7. The van der Waals surface area contributed by atoms with Gasteiger partial charge in [0.2, 0.25) is 0 Å². The molecule has 1 fully saturated rings. The number of alkyl halides is 1. The molecule has 0 aromatic heterocycles. The molecule has 1 rings (SSSR count). The minimum Gasteiger partial charge on any atom is -0.370 e. The van der Waals surface area contributed by atoms with Crippen molar-refractivity contribution >= 4 is 40.1 Å². The molecule has 0 radical (unpaired) electrons. The number of piperazine rings is 1. The fourth-order valence-corrected chi connectivity index (χ4v) is 3.82. The molecular formula is C21H37IN4O2. The van der Waals surface area contributed by atoms with Gasteiger partial charge < -0.3 is 10.6 Å². The van der Waals surface area contributed by atoms with Crippen LogP contribution in [0, 0.1) is 11.3 Å². The van der Waals surface area contributed by atoms with Gasteiger partial charge in [-0.1, -0.05) is 50.3 Å². The number of halogens is 1. The van der Waals surface area contributed by atoms with Crippen LogP contribution >= 0.6 is 22.6 Å².